The third-order valence-electron chi connectivity index (χ3n) is 17.5. The van der Waals surface area contributed by atoms with Gasteiger partial charge in [-0.2, -0.15) is 0 Å². The van der Waals surface area contributed by atoms with Crippen molar-refractivity contribution in [1.82, 2.24) is 5.32 Å². The molecule has 0 aliphatic heterocycles. The Morgan fingerprint density at radius 1 is 0.385 bits per heavy atom. The average molecular weight is 1290 g/mol. The number of unbranched alkanes of at least 4 members (excludes halogenated alkanes) is 45. The van der Waals surface area contributed by atoms with E-state index in [1.54, 1.807) is 6.08 Å². The topological polar surface area (TPSA) is 105 Å². The zero-order valence-electron chi connectivity index (χ0n) is 60.8. The van der Waals surface area contributed by atoms with Gasteiger partial charge in [0, 0.05) is 6.42 Å². The lowest BCUT2D eigenvalue weighted by atomic mass is 10.0. The van der Waals surface area contributed by atoms with E-state index in [-0.39, 0.29) is 19.1 Å². The lowest BCUT2D eigenvalue weighted by molar-refractivity contribution is -0.870. The highest BCUT2D eigenvalue weighted by Crippen LogP contribution is 2.43. The van der Waals surface area contributed by atoms with E-state index in [0.717, 1.165) is 77.0 Å². The van der Waals surface area contributed by atoms with Gasteiger partial charge in [-0.15, -0.1) is 0 Å². The summed E-state index contributed by atoms with van der Waals surface area (Å²) in [6.45, 7) is 4.72. The van der Waals surface area contributed by atoms with E-state index >= 15 is 0 Å². The number of amides is 1. The first kappa shape index (κ1) is 88.4. The highest BCUT2D eigenvalue weighted by molar-refractivity contribution is 7.47. The predicted octanol–water partition coefficient (Wildman–Crippen LogP) is 25.6. The Morgan fingerprint density at radius 2 is 0.670 bits per heavy atom. The highest BCUT2D eigenvalue weighted by Gasteiger charge is 2.28. The van der Waals surface area contributed by atoms with Gasteiger partial charge in [0.25, 0.3) is 0 Å². The number of hydrogen-bond donors (Lipinski definition) is 3. The molecule has 0 aromatic carbocycles. The van der Waals surface area contributed by atoms with Crippen LogP contribution >= 0.6 is 7.82 Å². The van der Waals surface area contributed by atoms with Crippen LogP contribution in [-0.2, 0) is 18.4 Å². The summed E-state index contributed by atoms with van der Waals surface area (Å²) >= 11 is 0. The maximum absolute atomic E-state index is 13.1. The van der Waals surface area contributed by atoms with Crippen LogP contribution in [0.2, 0.25) is 0 Å². The van der Waals surface area contributed by atoms with Crippen LogP contribution < -0.4 is 5.32 Å². The highest BCUT2D eigenvalue weighted by atomic mass is 31.2. The van der Waals surface area contributed by atoms with Crippen LogP contribution in [-0.4, -0.2) is 73.4 Å². The lowest BCUT2D eigenvalue weighted by Crippen LogP contribution is -2.45. The first-order chi connectivity index (χ1) is 44.5. The number of quaternary nitrogens is 1. The number of rotatable bonds is 72. The van der Waals surface area contributed by atoms with Gasteiger partial charge in [0.2, 0.25) is 5.91 Å². The normalized spacial score (nSPS) is 14.1. The second-order valence-electron chi connectivity index (χ2n) is 27.7. The molecule has 0 radical (unpaired) electrons. The van der Waals surface area contributed by atoms with Gasteiger partial charge in [0.05, 0.1) is 39.9 Å². The van der Waals surface area contributed by atoms with Crippen LogP contribution in [0.5, 0.6) is 0 Å². The minimum Gasteiger partial charge on any atom is -0.387 e. The molecule has 0 rings (SSSR count). The molecule has 0 bridgehead atoms. The fraction of sp³-hybridized carbons (Fsp3) is 0.793. The van der Waals surface area contributed by atoms with Gasteiger partial charge in [0.15, 0.2) is 0 Å². The van der Waals surface area contributed by atoms with Crippen molar-refractivity contribution in [2.24, 2.45) is 0 Å². The first-order valence-corrected chi connectivity index (χ1v) is 40.6. The number of phosphoric acid groups is 1. The molecule has 0 aromatic heterocycles. The Kier molecular flexibility index (Phi) is 69.7. The Labute approximate surface area is 566 Å². The molecule has 1 amide bonds. The molecule has 8 nitrogen and oxygen atoms in total. The summed E-state index contributed by atoms with van der Waals surface area (Å²) in [7, 11) is 1.55. The van der Waals surface area contributed by atoms with Gasteiger partial charge < -0.3 is 19.8 Å². The second-order valence-corrected chi connectivity index (χ2v) is 29.1. The van der Waals surface area contributed by atoms with E-state index in [4.69, 9.17) is 9.05 Å². The summed E-state index contributed by atoms with van der Waals surface area (Å²) < 4.78 is 23.8. The Hall–Kier alpha value is -2.58. The molecule has 530 valence electrons. The SMILES string of the molecule is CC/C=C\C/C=C\C/C=C\C/C=C\C/C=C\CCCCCCCCCCCCCCCCCCCCCCCC(=O)NC(COP(=O)(O)OCC[N+](C)(C)C)C(O)/C=C/CC/C=C/CC/C=C/CCCCCCCCCCCCCCCCCCCCCCCC. The molecule has 0 heterocycles. The van der Waals surface area contributed by atoms with Crippen LogP contribution in [0.25, 0.3) is 0 Å². The number of nitrogens with one attached hydrogen (secondary N) is 1. The number of nitrogens with zero attached hydrogens (tertiary/aromatic N) is 1. The minimum atomic E-state index is -4.37. The molecule has 0 saturated heterocycles. The zero-order valence-corrected chi connectivity index (χ0v) is 61.7. The van der Waals surface area contributed by atoms with Crippen molar-refractivity contribution in [3.63, 3.8) is 0 Å². The maximum atomic E-state index is 13.1. The van der Waals surface area contributed by atoms with Crippen molar-refractivity contribution in [1.29, 1.82) is 0 Å². The molecule has 91 heavy (non-hydrogen) atoms. The summed E-state index contributed by atoms with van der Waals surface area (Å²) in [5.74, 6) is -0.187. The fourth-order valence-electron chi connectivity index (χ4n) is 11.5. The number of phosphoric ester groups is 1. The quantitative estimate of drug-likeness (QED) is 0.0243. The first-order valence-electron chi connectivity index (χ1n) is 39.1. The van der Waals surface area contributed by atoms with E-state index in [1.165, 1.54) is 270 Å². The number of allylic oxidation sites excluding steroid dienone is 15. The maximum Gasteiger partial charge on any atom is 0.472 e. The summed E-state index contributed by atoms with van der Waals surface area (Å²) in [4.78, 5) is 23.5. The van der Waals surface area contributed by atoms with Crippen LogP contribution in [0, 0.1) is 0 Å². The van der Waals surface area contributed by atoms with Gasteiger partial charge in [-0.1, -0.05) is 368 Å². The second kappa shape index (κ2) is 71.7. The van der Waals surface area contributed by atoms with Crippen LogP contribution in [0.4, 0.5) is 0 Å². The van der Waals surface area contributed by atoms with Crippen molar-refractivity contribution in [3.8, 4) is 0 Å². The summed E-state index contributed by atoms with van der Waals surface area (Å²) in [6.07, 6.45) is 105. The Bertz CT molecular complexity index is 1810. The molecule has 0 spiro atoms. The van der Waals surface area contributed by atoms with Crippen molar-refractivity contribution < 1.29 is 32.9 Å². The van der Waals surface area contributed by atoms with E-state index in [2.05, 4.69) is 104 Å². The number of likely N-dealkylation sites (N-methyl/N-ethyl adjacent to an activating group) is 1. The number of aliphatic hydroxyl groups is 1. The van der Waals surface area contributed by atoms with E-state index in [1.807, 2.05) is 27.2 Å². The number of carbonyl (C=O) groups is 1. The molecule has 3 unspecified atom stereocenters. The Balaban J connectivity index is 4.04. The molecule has 9 heteroatoms. The largest absolute Gasteiger partial charge is 0.472 e. The lowest BCUT2D eigenvalue weighted by Gasteiger charge is -2.25. The molecule has 3 N–H and O–H groups in total. The number of carbonyl (C=O) groups excluding carboxylic acids is 1. The zero-order chi connectivity index (χ0) is 66.2. The van der Waals surface area contributed by atoms with Crippen molar-refractivity contribution in [3.05, 3.63) is 97.2 Å². The van der Waals surface area contributed by atoms with E-state index in [0.29, 0.717) is 17.4 Å². The molecular formula is C82H152N2O6P+. The van der Waals surface area contributed by atoms with Gasteiger partial charge in [0.1, 0.15) is 13.2 Å². The molecule has 0 saturated carbocycles. The van der Waals surface area contributed by atoms with Gasteiger partial charge in [-0.3, -0.25) is 13.8 Å². The van der Waals surface area contributed by atoms with Crippen molar-refractivity contribution >= 4 is 13.7 Å². The smallest absolute Gasteiger partial charge is 0.387 e. The molecule has 0 aromatic rings. The monoisotopic (exact) mass is 1290 g/mol. The summed E-state index contributed by atoms with van der Waals surface area (Å²) in [5, 5.41) is 14.0. The van der Waals surface area contributed by atoms with Gasteiger partial charge >= 0.3 is 7.82 Å². The molecule has 3 atom stereocenters. The summed E-state index contributed by atoms with van der Waals surface area (Å²) in [6, 6.07) is -0.875. The fourth-order valence-corrected chi connectivity index (χ4v) is 12.3. The molecule has 0 aliphatic carbocycles. The molecular weight excluding hydrogens is 1140 g/mol. The summed E-state index contributed by atoms with van der Waals surface area (Å²) in [5.41, 5.74) is 0. The third kappa shape index (κ3) is 74.7. The van der Waals surface area contributed by atoms with Crippen molar-refractivity contribution in [2.45, 2.75) is 379 Å². The van der Waals surface area contributed by atoms with Gasteiger partial charge in [-0.05, 0) is 89.9 Å². The van der Waals surface area contributed by atoms with E-state index in [9.17, 15) is 19.4 Å². The van der Waals surface area contributed by atoms with Crippen LogP contribution in [0.1, 0.15) is 367 Å². The average Bonchev–Trinajstić information content (AvgIpc) is 3.42. The Morgan fingerprint density at radius 3 is 1.01 bits per heavy atom. The van der Waals surface area contributed by atoms with Gasteiger partial charge in [-0.25, -0.2) is 4.57 Å². The van der Waals surface area contributed by atoms with Crippen LogP contribution in [0.15, 0.2) is 97.2 Å². The minimum absolute atomic E-state index is 0.0521. The number of hydrogen-bond acceptors (Lipinski definition) is 5. The van der Waals surface area contributed by atoms with E-state index < -0.39 is 20.0 Å². The molecule has 0 aliphatic rings. The third-order valence-corrected chi connectivity index (χ3v) is 18.5. The van der Waals surface area contributed by atoms with Crippen molar-refractivity contribution in [2.75, 3.05) is 40.9 Å². The van der Waals surface area contributed by atoms with Crippen LogP contribution in [0.3, 0.4) is 0 Å². The molecule has 0 fully saturated rings. The predicted molar refractivity (Wildman–Crippen MR) is 401 cm³/mol. The standard InChI is InChI=1S/C82H151N2O6P/c1-6-8-10-12-14-16-18-20-22-24-26-28-30-32-34-36-38-40-41-42-43-44-46-48-50-52-54-56-58-60-62-64-66-68-70-72-74-76-82(86)83-80(79-90-91(87,88)89-78-77-84(3,4)5)81(85)75-73-71-69-67-65-63-61-59-57-55-53-51-49-47-45-39-37-35-33-31-29-27-25-23-21-19-17-15-13-11-9-7-2/h8,10,14,16,20,22,26,28,32,34,57,59,65,67,73,75,80-81,85H,6-7,9,11-13,15,17-19,21,23-25,27,29-31,33,35-56,58,60-64,66,68-72,74,76-79H2,1-5H3,(H-,83,86,87,88)/p+1/b10-8-,16-14-,22-20-,28-26-,34-32-,59-57+,67-65+,75-73+. The number of aliphatic hydroxyl groups excluding tert-OH is 1.